The molecule has 1 fully saturated rings. The molecule has 0 atom stereocenters. The van der Waals surface area contributed by atoms with Crippen molar-refractivity contribution in [2.75, 3.05) is 10.1 Å². The minimum atomic E-state index is -3.70. The van der Waals surface area contributed by atoms with Crippen LogP contribution in [0.1, 0.15) is 23.2 Å². The molecule has 7 heteroatoms. The number of halogens is 2. The summed E-state index contributed by atoms with van der Waals surface area (Å²) in [6.45, 7) is 0. The highest BCUT2D eigenvalue weighted by Crippen LogP contribution is 2.41. The van der Waals surface area contributed by atoms with Crippen molar-refractivity contribution in [3.8, 4) is 0 Å². The van der Waals surface area contributed by atoms with Gasteiger partial charge in [-0.15, -0.1) is 0 Å². The van der Waals surface area contributed by atoms with Gasteiger partial charge in [0, 0.05) is 11.1 Å². The van der Waals surface area contributed by atoms with Gasteiger partial charge in [-0.1, -0.05) is 11.6 Å². The fourth-order valence-corrected chi connectivity index (χ4v) is 4.12. The Labute approximate surface area is 108 Å². The summed E-state index contributed by atoms with van der Waals surface area (Å²) in [4.78, 5) is 11.7. The van der Waals surface area contributed by atoms with Crippen molar-refractivity contribution >= 4 is 33.1 Å². The largest absolute Gasteiger partial charge is 0.293 e. The van der Waals surface area contributed by atoms with Crippen LogP contribution in [0, 0.1) is 5.82 Å². The first-order valence-corrected chi connectivity index (χ1v) is 7.43. The number of fused-ring (bicyclic) bond motifs is 1. The Kier molecular flexibility index (Phi) is 2.44. The highest BCUT2D eigenvalue weighted by Gasteiger charge is 2.44. The normalized spacial score (nSPS) is 21.9. The second kappa shape index (κ2) is 3.68. The molecule has 1 aromatic carbocycles. The number of hydrogen-bond donors (Lipinski definition) is 0. The summed E-state index contributed by atoms with van der Waals surface area (Å²) in [7, 11) is -3.70. The third kappa shape index (κ3) is 1.71. The fourth-order valence-electron chi connectivity index (χ4n) is 2.20. The maximum atomic E-state index is 13.8. The number of anilines is 1. The molecule has 96 valence electrons. The molecule has 0 radical (unpaired) electrons. The molecule has 4 nitrogen and oxygen atoms in total. The van der Waals surface area contributed by atoms with Gasteiger partial charge in [-0.3, -0.25) is 9.10 Å². The first-order chi connectivity index (χ1) is 8.40. The minimum Gasteiger partial charge on any atom is -0.293 e. The number of ketones is 1. The van der Waals surface area contributed by atoms with E-state index >= 15 is 0 Å². The van der Waals surface area contributed by atoms with Crippen LogP contribution in [0.15, 0.2) is 12.1 Å². The predicted octanol–water partition coefficient (Wildman–Crippen LogP) is 1.97. The Morgan fingerprint density at radius 3 is 2.61 bits per heavy atom. The SMILES string of the molecule is O=C1CS(=O)(=O)N(C2CC2)c2cc(Cl)cc(F)c21. The van der Waals surface area contributed by atoms with E-state index < -0.39 is 27.4 Å². The second-order valence-corrected chi connectivity index (χ2v) is 6.77. The first kappa shape index (κ1) is 11.9. The van der Waals surface area contributed by atoms with Crippen molar-refractivity contribution in [3.05, 3.63) is 28.5 Å². The molecule has 0 N–H and O–H groups in total. The van der Waals surface area contributed by atoms with Gasteiger partial charge < -0.3 is 0 Å². The summed E-state index contributed by atoms with van der Waals surface area (Å²) < 4.78 is 38.9. The van der Waals surface area contributed by atoms with Crippen molar-refractivity contribution in [2.24, 2.45) is 0 Å². The van der Waals surface area contributed by atoms with E-state index in [-0.39, 0.29) is 22.3 Å². The van der Waals surface area contributed by atoms with Crippen LogP contribution < -0.4 is 4.31 Å². The molecule has 0 spiro atoms. The quantitative estimate of drug-likeness (QED) is 0.794. The molecule has 0 bridgehead atoms. The van der Waals surface area contributed by atoms with Crippen molar-refractivity contribution in [3.63, 3.8) is 0 Å². The number of hydrogen-bond acceptors (Lipinski definition) is 3. The maximum Gasteiger partial charge on any atom is 0.242 e. The highest BCUT2D eigenvalue weighted by atomic mass is 35.5. The lowest BCUT2D eigenvalue weighted by atomic mass is 10.1. The van der Waals surface area contributed by atoms with Crippen LogP contribution in [-0.4, -0.2) is 26.0 Å². The molecule has 1 aliphatic heterocycles. The van der Waals surface area contributed by atoms with E-state index in [0.29, 0.717) is 0 Å². The average Bonchev–Trinajstić information content (AvgIpc) is 2.97. The van der Waals surface area contributed by atoms with E-state index in [1.54, 1.807) is 0 Å². The van der Waals surface area contributed by atoms with E-state index in [0.717, 1.165) is 23.2 Å². The maximum absolute atomic E-state index is 13.8. The van der Waals surface area contributed by atoms with E-state index in [2.05, 4.69) is 0 Å². The van der Waals surface area contributed by atoms with Crippen LogP contribution in [0.2, 0.25) is 5.02 Å². The molecule has 1 heterocycles. The third-order valence-electron chi connectivity index (χ3n) is 3.04. The Balaban J connectivity index is 2.29. The molecule has 3 rings (SSSR count). The lowest BCUT2D eigenvalue weighted by molar-refractivity contribution is 0.101. The Bertz CT molecular complexity index is 654. The molecule has 0 aromatic heterocycles. The van der Waals surface area contributed by atoms with Crippen LogP contribution in [0.25, 0.3) is 0 Å². The highest BCUT2D eigenvalue weighted by molar-refractivity contribution is 7.93. The molecular weight excluding hydrogens is 281 g/mol. The van der Waals surface area contributed by atoms with Gasteiger partial charge in [0.1, 0.15) is 11.6 Å². The van der Waals surface area contributed by atoms with Gasteiger partial charge >= 0.3 is 0 Å². The molecule has 0 unspecified atom stereocenters. The van der Waals surface area contributed by atoms with Crippen LogP contribution in [-0.2, 0) is 10.0 Å². The van der Waals surface area contributed by atoms with Crippen LogP contribution in [0.3, 0.4) is 0 Å². The molecule has 1 aliphatic carbocycles. The van der Waals surface area contributed by atoms with Gasteiger partial charge in [-0.2, -0.15) is 0 Å². The van der Waals surface area contributed by atoms with Gasteiger partial charge in [0.15, 0.2) is 5.78 Å². The first-order valence-electron chi connectivity index (χ1n) is 5.44. The third-order valence-corrected chi connectivity index (χ3v) is 4.98. The van der Waals surface area contributed by atoms with E-state index in [1.807, 2.05) is 0 Å². The Morgan fingerprint density at radius 2 is 2.00 bits per heavy atom. The minimum absolute atomic E-state index is 0.0822. The van der Waals surface area contributed by atoms with Gasteiger partial charge in [-0.05, 0) is 25.0 Å². The number of nitrogens with zero attached hydrogens (tertiary/aromatic N) is 1. The zero-order valence-electron chi connectivity index (χ0n) is 9.19. The standard InChI is InChI=1S/C11H9ClFNO3S/c12-6-3-8(13)11-9(4-6)14(7-1-2-7)18(16,17)5-10(11)15/h3-4,7H,1-2,5H2. The number of rotatable bonds is 1. The Morgan fingerprint density at radius 1 is 1.33 bits per heavy atom. The van der Waals surface area contributed by atoms with Crippen molar-refractivity contribution in [1.29, 1.82) is 0 Å². The molecule has 2 aliphatic rings. The van der Waals surface area contributed by atoms with Crippen LogP contribution >= 0.6 is 11.6 Å². The molecule has 0 amide bonds. The number of benzene rings is 1. The van der Waals surface area contributed by atoms with E-state index in [4.69, 9.17) is 11.6 Å². The van der Waals surface area contributed by atoms with Gasteiger partial charge in [0.2, 0.25) is 10.0 Å². The summed E-state index contributed by atoms with van der Waals surface area (Å²) in [5.74, 6) is -2.14. The lowest BCUT2D eigenvalue weighted by Gasteiger charge is -2.30. The second-order valence-electron chi connectivity index (χ2n) is 4.49. The smallest absolute Gasteiger partial charge is 0.242 e. The summed E-state index contributed by atoms with van der Waals surface area (Å²) in [6, 6.07) is 2.20. The van der Waals surface area contributed by atoms with Gasteiger partial charge in [-0.25, -0.2) is 12.8 Å². The molecule has 0 saturated heterocycles. The average molecular weight is 290 g/mol. The topological polar surface area (TPSA) is 54.5 Å². The van der Waals surface area contributed by atoms with Crippen molar-refractivity contribution in [2.45, 2.75) is 18.9 Å². The van der Waals surface area contributed by atoms with Crippen molar-refractivity contribution in [1.82, 2.24) is 0 Å². The monoisotopic (exact) mass is 289 g/mol. The Hall–Kier alpha value is -1.14. The number of Topliss-reactive ketones (excluding diaryl/α,β-unsaturated/α-hetero) is 1. The molecule has 1 aromatic rings. The lowest BCUT2D eigenvalue weighted by Crippen LogP contribution is -2.42. The van der Waals surface area contributed by atoms with Crippen molar-refractivity contribution < 1.29 is 17.6 Å². The summed E-state index contributed by atoms with van der Waals surface area (Å²) in [5, 5.41) is 0.0850. The molecule has 18 heavy (non-hydrogen) atoms. The van der Waals surface area contributed by atoms with Gasteiger partial charge in [0.05, 0.1) is 11.3 Å². The van der Waals surface area contributed by atoms with Crippen LogP contribution in [0.4, 0.5) is 10.1 Å². The van der Waals surface area contributed by atoms with E-state index in [1.165, 1.54) is 6.07 Å². The summed E-state index contributed by atoms with van der Waals surface area (Å²) in [5.41, 5.74) is -0.0834. The van der Waals surface area contributed by atoms with Crippen LogP contribution in [0.5, 0.6) is 0 Å². The zero-order chi connectivity index (χ0) is 13.1. The number of sulfonamides is 1. The molecule has 1 saturated carbocycles. The van der Waals surface area contributed by atoms with Gasteiger partial charge in [0.25, 0.3) is 0 Å². The van der Waals surface area contributed by atoms with E-state index in [9.17, 15) is 17.6 Å². The molecular formula is C11H9ClFNO3S. The number of carbonyl (C=O) groups is 1. The number of carbonyl (C=O) groups excluding carboxylic acids is 1. The summed E-state index contributed by atoms with van der Waals surface area (Å²) >= 11 is 5.74. The summed E-state index contributed by atoms with van der Waals surface area (Å²) in [6.07, 6.45) is 1.45. The fraction of sp³-hybridized carbons (Fsp3) is 0.364. The zero-order valence-corrected chi connectivity index (χ0v) is 10.8. The predicted molar refractivity (Wildman–Crippen MR) is 65.0 cm³/mol.